The fourth-order valence-corrected chi connectivity index (χ4v) is 2.23. The summed E-state index contributed by atoms with van der Waals surface area (Å²) in [5.41, 5.74) is 2.71. The van der Waals surface area contributed by atoms with E-state index in [9.17, 15) is 10.1 Å². The van der Waals surface area contributed by atoms with Crippen molar-refractivity contribution in [2.24, 2.45) is 0 Å². The molecule has 1 aromatic rings. The second-order valence-corrected chi connectivity index (χ2v) is 4.28. The van der Waals surface area contributed by atoms with Gasteiger partial charge in [-0.2, -0.15) is 0 Å². The molecule has 92 valence electrons. The first kappa shape index (κ1) is 11.9. The fourth-order valence-electron chi connectivity index (χ4n) is 2.23. The maximum atomic E-state index is 10.9. The first-order valence-corrected chi connectivity index (χ1v) is 5.68. The Hall–Kier alpha value is -1.62. The number of benzene rings is 1. The number of nitro benzene ring substituents is 1. The number of aryl methyl sites for hydroxylation is 2. The number of ether oxygens (including phenoxy) is 1. The molecule has 0 spiro atoms. The summed E-state index contributed by atoms with van der Waals surface area (Å²) in [6.07, 6.45) is 0. The van der Waals surface area contributed by atoms with Crippen LogP contribution in [0, 0.1) is 24.0 Å². The molecule has 5 nitrogen and oxygen atoms in total. The fraction of sp³-hybridized carbons (Fsp3) is 0.500. The Labute approximate surface area is 100 Å². The van der Waals surface area contributed by atoms with Crippen molar-refractivity contribution in [3.05, 3.63) is 33.4 Å². The highest BCUT2D eigenvalue weighted by atomic mass is 16.6. The molecule has 0 aliphatic carbocycles. The van der Waals surface area contributed by atoms with Crippen molar-refractivity contribution in [2.45, 2.75) is 13.8 Å². The quantitative estimate of drug-likeness (QED) is 0.582. The lowest BCUT2D eigenvalue weighted by atomic mass is 10.1. The van der Waals surface area contributed by atoms with E-state index in [-0.39, 0.29) is 10.6 Å². The van der Waals surface area contributed by atoms with E-state index in [2.05, 4.69) is 4.90 Å². The summed E-state index contributed by atoms with van der Waals surface area (Å²) in [4.78, 5) is 12.8. The number of nitro groups is 1. The molecule has 17 heavy (non-hydrogen) atoms. The van der Waals surface area contributed by atoms with Crippen LogP contribution in [0.25, 0.3) is 0 Å². The van der Waals surface area contributed by atoms with Crippen LogP contribution < -0.4 is 4.90 Å². The van der Waals surface area contributed by atoms with Gasteiger partial charge in [0.25, 0.3) is 5.69 Å². The molecule has 0 bridgehead atoms. The predicted molar refractivity (Wildman–Crippen MR) is 65.6 cm³/mol. The summed E-state index contributed by atoms with van der Waals surface area (Å²) < 4.78 is 5.29. The molecule has 1 aromatic carbocycles. The number of morpholine rings is 1. The molecule has 1 heterocycles. The van der Waals surface area contributed by atoms with Gasteiger partial charge in [-0.05, 0) is 26.0 Å². The van der Waals surface area contributed by atoms with Crippen LogP contribution in [0.4, 0.5) is 11.4 Å². The average molecular weight is 236 g/mol. The van der Waals surface area contributed by atoms with Crippen molar-refractivity contribution in [3.63, 3.8) is 0 Å². The summed E-state index contributed by atoms with van der Waals surface area (Å²) in [5, 5.41) is 10.9. The third kappa shape index (κ3) is 2.39. The van der Waals surface area contributed by atoms with E-state index in [1.165, 1.54) is 0 Å². The number of hydrogen-bond donors (Lipinski definition) is 0. The van der Waals surface area contributed by atoms with Gasteiger partial charge in [0.05, 0.1) is 18.1 Å². The molecule has 1 fully saturated rings. The van der Waals surface area contributed by atoms with Crippen molar-refractivity contribution in [1.82, 2.24) is 0 Å². The van der Waals surface area contributed by atoms with Gasteiger partial charge in [-0.15, -0.1) is 0 Å². The molecule has 0 aromatic heterocycles. The standard InChI is InChI=1S/C12H16N2O3/c1-9-7-11(13-3-5-17-6-4-13)8-10(2)12(9)14(15)16/h7-8H,3-6H2,1-2H3. The Morgan fingerprint density at radius 2 is 1.76 bits per heavy atom. The van der Waals surface area contributed by atoms with Gasteiger partial charge in [-0.1, -0.05) is 0 Å². The van der Waals surface area contributed by atoms with E-state index in [0.29, 0.717) is 0 Å². The van der Waals surface area contributed by atoms with Crippen LogP contribution in [0.5, 0.6) is 0 Å². The van der Waals surface area contributed by atoms with Gasteiger partial charge < -0.3 is 9.64 Å². The van der Waals surface area contributed by atoms with Crippen LogP contribution in [0.15, 0.2) is 12.1 Å². The Morgan fingerprint density at radius 1 is 1.24 bits per heavy atom. The topological polar surface area (TPSA) is 55.6 Å². The molecule has 2 rings (SSSR count). The molecule has 0 radical (unpaired) electrons. The molecule has 0 N–H and O–H groups in total. The van der Waals surface area contributed by atoms with Gasteiger partial charge in [0.2, 0.25) is 0 Å². The zero-order chi connectivity index (χ0) is 12.4. The zero-order valence-corrected chi connectivity index (χ0v) is 10.1. The summed E-state index contributed by atoms with van der Waals surface area (Å²) in [6.45, 7) is 6.70. The normalized spacial score (nSPS) is 16.0. The van der Waals surface area contributed by atoms with Gasteiger partial charge in [-0.3, -0.25) is 10.1 Å². The molecular formula is C12H16N2O3. The number of hydrogen-bond acceptors (Lipinski definition) is 4. The molecule has 1 aliphatic heterocycles. The Kier molecular flexibility index (Phi) is 3.28. The van der Waals surface area contributed by atoms with Gasteiger partial charge in [-0.25, -0.2) is 0 Å². The molecule has 0 amide bonds. The first-order valence-electron chi connectivity index (χ1n) is 5.68. The van der Waals surface area contributed by atoms with E-state index in [0.717, 1.165) is 43.1 Å². The van der Waals surface area contributed by atoms with E-state index >= 15 is 0 Å². The van der Waals surface area contributed by atoms with E-state index in [1.807, 2.05) is 12.1 Å². The van der Waals surface area contributed by atoms with Crippen LogP contribution in [-0.4, -0.2) is 31.2 Å². The summed E-state index contributed by atoms with van der Waals surface area (Å²) in [6, 6.07) is 3.77. The van der Waals surface area contributed by atoms with Gasteiger partial charge >= 0.3 is 0 Å². The molecule has 1 aliphatic rings. The minimum atomic E-state index is -0.312. The van der Waals surface area contributed by atoms with E-state index < -0.39 is 0 Å². The van der Waals surface area contributed by atoms with Crippen molar-refractivity contribution >= 4 is 11.4 Å². The molecule has 1 saturated heterocycles. The summed E-state index contributed by atoms with van der Waals surface area (Å²) in [7, 11) is 0. The lowest BCUT2D eigenvalue weighted by molar-refractivity contribution is -0.386. The Balaban J connectivity index is 2.34. The number of rotatable bonds is 2. The maximum Gasteiger partial charge on any atom is 0.275 e. The SMILES string of the molecule is Cc1cc(N2CCOCC2)cc(C)c1[N+](=O)[O-]. The van der Waals surface area contributed by atoms with Crippen molar-refractivity contribution in [1.29, 1.82) is 0 Å². The molecule has 0 atom stereocenters. The minimum absolute atomic E-state index is 0.224. The summed E-state index contributed by atoms with van der Waals surface area (Å²) in [5.74, 6) is 0. The lowest BCUT2D eigenvalue weighted by Crippen LogP contribution is -2.36. The Bertz CT molecular complexity index is 416. The zero-order valence-electron chi connectivity index (χ0n) is 10.1. The molecular weight excluding hydrogens is 220 g/mol. The van der Waals surface area contributed by atoms with Crippen LogP contribution in [-0.2, 0) is 4.74 Å². The third-order valence-corrected chi connectivity index (χ3v) is 3.03. The monoisotopic (exact) mass is 236 g/mol. The Morgan fingerprint density at radius 3 is 2.24 bits per heavy atom. The van der Waals surface area contributed by atoms with Crippen LogP contribution in [0.3, 0.4) is 0 Å². The molecule has 0 saturated carbocycles. The third-order valence-electron chi connectivity index (χ3n) is 3.03. The number of nitrogens with zero attached hydrogens (tertiary/aromatic N) is 2. The average Bonchev–Trinajstić information content (AvgIpc) is 2.28. The largest absolute Gasteiger partial charge is 0.378 e. The molecule has 5 heteroatoms. The van der Waals surface area contributed by atoms with Crippen LogP contribution >= 0.6 is 0 Å². The van der Waals surface area contributed by atoms with Crippen molar-refractivity contribution in [2.75, 3.05) is 31.2 Å². The van der Waals surface area contributed by atoms with Crippen molar-refractivity contribution in [3.8, 4) is 0 Å². The summed E-state index contributed by atoms with van der Waals surface area (Å²) >= 11 is 0. The van der Waals surface area contributed by atoms with Gasteiger partial charge in [0.1, 0.15) is 0 Å². The highest BCUT2D eigenvalue weighted by Crippen LogP contribution is 2.29. The highest BCUT2D eigenvalue weighted by molar-refractivity contribution is 5.59. The van der Waals surface area contributed by atoms with Gasteiger partial charge in [0.15, 0.2) is 0 Å². The van der Waals surface area contributed by atoms with Crippen molar-refractivity contribution < 1.29 is 9.66 Å². The van der Waals surface area contributed by atoms with Crippen LogP contribution in [0.1, 0.15) is 11.1 Å². The predicted octanol–water partition coefficient (Wildman–Crippen LogP) is 2.05. The lowest BCUT2D eigenvalue weighted by Gasteiger charge is -2.29. The maximum absolute atomic E-state index is 10.9. The highest BCUT2D eigenvalue weighted by Gasteiger charge is 2.18. The smallest absolute Gasteiger partial charge is 0.275 e. The van der Waals surface area contributed by atoms with E-state index in [1.54, 1.807) is 13.8 Å². The minimum Gasteiger partial charge on any atom is -0.378 e. The number of anilines is 1. The van der Waals surface area contributed by atoms with Gasteiger partial charge in [0, 0.05) is 29.9 Å². The first-order chi connectivity index (χ1) is 8.09. The second kappa shape index (κ2) is 4.71. The second-order valence-electron chi connectivity index (χ2n) is 4.28. The molecule has 0 unspecified atom stereocenters. The van der Waals surface area contributed by atoms with E-state index in [4.69, 9.17) is 4.74 Å². The van der Waals surface area contributed by atoms with Crippen LogP contribution in [0.2, 0.25) is 0 Å².